The van der Waals surface area contributed by atoms with Crippen molar-refractivity contribution in [3.63, 3.8) is 0 Å². The number of methoxy groups -OCH3 is 3. The van der Waals surface area contributed by atoms with Gasteiger partial charge in [-0.15, -0.1) is 0 Å². The number of amides is 1. The summed E-state index contributed by atoms with van der Waals surface area (Å²) in [6, 6.07) is 12.5. The molecule has 0 aliphatic rings. The third-order valence-electron chi connectivity index (χ3n) is 4.49. The summed E-state index contributed by atoms with van der Waals surface area (Å²) in [7, 11) is 4.68. The molecule has 154 valence electrons. The number of benzene rings is 2. The summed E-state index contributed by atoms with van der Waals surface area (Å²) in [6.07, 6.45) is 0. The van der Waals surface area contributed by atoms with E-state index in [0.29, 0.717) is 28.0 Å². The van der Waals surface area contributed by atoms with Gasteiger partial charge in [0.15, 0.2) is 0 Å². The van der Waals surface area contributed by atoms with E-state index in [4.69, 9.17) is 14.2 Å². The molecule has 4 rings (SSSR count). The van der Waals surface area contributed by atoms with E-state index in [9.17, 15) is 4.79 Å². The van der Waals surface area contributed by atoms with Gasteiger partial charge >= 0.3 is 0 Å². The first-order valence-corrected chi connectivity index (χ1v) is 9.89. The Hall–Kier alpha value is -3.59. The fourth-order valence-electron chi connectivity index (χ4n) is 3.02. The molecule has 30 heavy (non-hydrogen) atoms. The fraction of sp³-hybridized carbons (Fsp3) is 0.190. The average Bonchev–Trinajstić information content (AvgIpc) is 3.35. The van der Waals surface area contributed by atoms with Crippen LogP contribution in [0.25, 0.3) is 15.3 Å². The van der Waals surface area contributed by atoms with Crippen LogP contribution in [0.5, 0.6) is 17.2 Å². The maximum atomic E-state index is 13.0. The number of thiazole rings is 1. The Kier molecular flexibility index (Phi) is 5.28. The zero-order valence-electron chi connectivity index (χ0n) is 16.9. The molecule has 2 aromatic heterocycles. The Balaban J connectivity index is 1.70. The van der Waals surface area contributed by atoms with Crippen molar-refractivity contribution in [2.24, 2.45) is 0 Å². The van der Waals surface area contributed by atoms with Crippen molar-refractivity contribution in [3.8, 4) is 22.4 Å². The Morgan fingerprint density at radius 2 is 1.73 bits per heavy atom. The second kappa shape index (κ2) is 8.03. The Morgan fingerprint density at radius 3 is 2.47 bits per heavy atom. The van der Waals surface area contributed by atoms with Crippen LogP contribution in [-0.2, 0) is 0 Å². The molecule has 0 aliphatic carbocycles. The molecule has 9 heteroatoms. The van der Waals surface area contributed by atoms with Crippen LogP contribution in [0.3, 0.4) is 0 Å². The number of aromatic nitrogens is 3. The molecule has 0 saturated heterocycles. The van der Waals surface area contributed by atoms with Gasteiger partial charge in [0.25, 0.3) is 5.91 Å². The number of anilines is 1. The summed E-state index contributed by atoms with van der Waals surface area (Å²) in [6.45, 7) is 1.86. The number of hydrogen-bond donors (Lipinski definition) is 1. The second-order valence-corrected chi connectivity index (χ2v) is 7.44. The van der Waals surface area contributed by atoms with Gasteiger partial charge in [0.2, 0.25) is 5.13 Å². The summed E-state index contributed by atoms with van der Waals surface area (Å²) in [5, 5.41) is 8.05. The van der Waals surface area contributed by atoms with Crippen molar-refractivity contribution in [1.82, 2.24) is 14.8 Å². The summed E-state index contributed by atoms with van der Waals surface area (Å²) >= 11 is 1.47. The molecule has 1 N–H and O–H groups in total. The van der Waals surface area contributed by atoms with E-state index in [-0.39, 0.29) is 5.91 Å². The van der Waals surface area contributed by atoms with Crippen LogP contribution in [0.15, 0.2) is 42.5 Å². The van der Waals surface area contributed by atoms with Crippen LogP contribution >= 0.6 is 11.3 Å². The first-order valence-electron chi connectivity index (χ1n) is 9.07. The highest BCUT2D eigenvalue weighted by molar-refractivity contribution is 7.20. The molecule has 4 aromatic rings. The van der Waals surface area contributed by atoms with Gasteiger partial charge in [0.05, 0.1) is 42.8 Å². The topological polar surface area (TPSA) is 87.5 Å². The lowest BCUT2D eigenvalue weighted by molar-refractivity contribution is 0.102. The lowest BCUT2D eigenvalue weighted by Crippen LogP contribution is -2.16. The van der Waals surface area contributed by atoms with Crippen LogP contribution < -0.4 is 19.5 Å². The predicted octanol–water partition coefficient (Wildman–Crippen LogP) is 4.07. The smallest absolute Gasteiger partial charge is 0.260 e. The molecule has 0 bridgehead atoms. The van der Waals surface area contributed by atoms with Gasteiger partial charge in [-0.3, -0.25) is 4.79 Å². The van der Waals surface area contributed by atoms with Crippen molar-refractivity contribution in [2.45, 2.75) is 6.92 Å². The first-order chi connectivity index (χ1) is 14.5. The van der Waals surface area contributed by atoms with Gasteiger partial charge in [0.1, 0.15) is 23.1 Å². The van der Waals surface area contributed by atoms with E-state index in [1.54, 1.807) is 43.2 Å². The molecule has 0 saturated carbocycles. The molecule has 8 nitrogen and oxygen atoms in total. The number of carbonyl (C=O) groups excluding carboxylic acids is 1. The zero-order chi connectivity index (χ0) is 21.3. The van der Waals surface area contributed by atoms with Gasteiger partial charge in [0, 0.05) is 12.1 Å². The first kappa shape index (κ1) is 19.7. The van der Waals surface area contributed by atoms with Gasteiger partial charge in [-0.25, -0.2) is 4.98 Å². The largest absolute Gasteiger partial charge is 0.497 e. The van der Waals surface area contributed by atoms with Crippen LogP contribution in [0.1, 0.15) is 16.1 Å². The van der Waals surface area contributed by atoms with Crippen molar-refractivity contribution >= 4 is 33.3 Å². The molecule has 2 heterocycles. The molecule has 0 aliphatic heterocycles. The predicted molar refractivity (Wildman–Crippen MR) is 116 cm³/mol. The van der Waals surface area contributed by atoms with Crippen molar-refractivity contribution in [3.05, 3.63) is 53.7 Å². The van der Waals surface area contributed by atoms with Gasteiger partial charge in [-0.05, 0) is 37.3 Å². The number of ether oxygens (including phenoxy) is 3. The summed E-state index contributed by atoms with van der Waals surface area (Å²) in [4.78, 5) is 17.6. The summed E-state index contributed by atoms with van der Waals surface area (Å²) in [5.74, 6) is 1.91. The number of rotatable bonds is 6. The molecular formula is C21H20N4O4S. The third-order valence-corrected chi connectivity index (χ3v) is 5.50. The number of hydrogen-bond acceptors (Lipinski definition) is 7. The second-order valence-electron chi connectivity index (χ2n) is 6.43. The van der Waals surface area contributed by atoms with Crippen LogP contribution in [0.4, 0.5) is 5.82 Å². The maximum absolute atomic E-state index is 13.0. The maximum Gasteiger partial charge on any atom is 0.260 e. The Bertz CT molecular complexity index is 1230. The lowest BCUT2D eigenvalue weighted by atomic mass is 10.1. The quantitative estimate of drug-likeness (QED) is 0.502. The van der Waals surface area contributed by atoms with Crippen LogP contribution in [0, 0.1) is 6.92 Å². The standard InChI is InChI=1S/C21H20N4O4S/c1-12-9-19(23-20(26)15-10-13(27-2)5-7-17(15)29-4)25(24-12)21-22-16-11-14(28-3)6-8-18(16)30-21/h5-11H,1-4H3,(H,23,26). The molecule has 1 amide bonds. The highest BCUT2D eigenvalue weighted by Gasteiger charge is 2.18. The number of aryl methyl sites for hydroxylation is 1. The molecule has 0 atom stereocenters. The van der Waals surface area contributed by atoms with E-state index >= 15 is 0 Å². The van der Waals surface area contributed by atoms with Gasteiger partial charge in [-0.2, -0.15) is 9.78 Å². The monoisotopic (exact) mass is 424 g/mol. The molecular weight excluding hydrogens is 404 g/mol. The van der Waals surface area contributed by atoms with E-state index in [2.05, 4.69) is 15.4 Å². The van der Waals surface area contributed by atoms with Crippen molar-refractivity contribution in [1.29, 1.82) is 0 Å². The minimum atomic E-state index is -0.338. The van der Waals surface area contributed by atoms with Gasteiger partial charge < -0.3 is 19.5 Å². The minimum absolute atomic E-state index is 0.338. The molecule has 0 radical (unpaired) electrons. The summed E-state index contributed by atoms with van der Waals surface area (Å²) in [5.41, 5.74) is 1.91. The highest BCUT2D eigenvalue weighted by atomic mass is 32.1. The average molecular weight is 424 g/mol. The van der Waals surface area contributed by atoms with E-state index < -0.39 is 0 Å². The fourth-order valence-corrected chi connectivity index (χ4v) is 3.93. The highest BCUT2D eigenvalue weighted by Crippen LogP contribution is 2.30. The minimum Gasteiger partial charge on any atom is -0.497 e. The van der Waals surface area contributed by atoms with Crippen molar-refractivity contribution < 1.29 is 19.0 Å². The number of carbonyl (C=O) groups is 1. The number of fused-ring (bicyclic) bond motifs is 1. The summed E-state index contributed by atoms with van der Waals surface area (Å²) < 4.78 is 18.4. The Morgan fingerprint density at radius 1 is 1.00 bits per heavy atom. The Labute approximate surface area is 177 Å². The van der Waals surface area contributed by atoms with Gasteiger partial charge in [-0.1, -0.05) is 11.3 Å². The number of nitrogens with one attached hydrogen (secondary N) is 1. The lowest BCUT2D eigenvalue weighted by Gasteiger charge is -2.11. The van der Waals surface area contributed by atoms with E-state index in [0.717, 1.165) is 21.7 Å². The zero-order valence-corrected chi connectivity index (χ0v) is 17.7. The van der Waals surface area contributed by atoms with E-state index in [1.807, 2.05) is 25.1 Å². The van der Waals surface area contributed by atoms with Crippen LogP contribution in [0.2, 0.25) is 0 Å². The molecule has 0 fully saturated rings. The molecule has 0 unspecified atom stereocenters. The third kappa shape index (κ3) is 3.67. The van der Waals surface area contributed by atoms with E-state index in [1.165, 1.54) is 18.4 Å². The molecule has 2 aromatic carbocycles. The SMILES string of the molecule is COc1ccc(OC)c(C(=O)Nc2cc(C)nn2-c2nc3cc(OC)ccc3s2)c1. The normalized spacial score (nSPS) is 10.8. The number of nitrogens with zero attached hydrogens (tertiary/aromatic N) is 3. The van der Waals surface area contributed by atoms with Crippen LogP contribution in [-0.4, -0.2) is 42.0 Å². The molecule has 0 spiro atoms. The van der Waals surface area contributed by atoms with Crippen molar-refractivity contribution in [2.75, 3.05) is 26.6 Å².